The molecule has 4 rings (SSSR count). The van der Waals surface area contributed by atoms with E-state index in [2.05, 4.69) is 52.5 Å². The van der Waals surface area contributed by atoms with Crippen molar-refractivity contribution in [1.29, 1.82) is 0 Å². The number of benzene rings is 1. The molecule has 0 aliphatic heterocycles. The van der Waals surface area contributed by atoms with Crippen LogP contribution in [0.5, 0.6) is 0 Å². The van der Waals surface area contributed by atoms with Crippen molar-refractivity contribution < 1.29 is 14.1 Å². The number of hydrogen-bond donors (Lipinski definition) is 1. The van der Waals surface area contributed by atoms with Gasteiger partial charge in [-0.1, -0.05) is 58.0 Å². The van der Waals surface area contributed by atoms with Crippen LogP contribution in [-0.2, 0) is 16.6 Å². The number of carbonyl (C=O) groups is 2. The second-order valence-corrected chi connectivity index (χ2v) is 10.4. The van der Waals surface area contributed by atoms with Crippen LogP contribution >= 0.6 is 0 Å². The molecule has 1 saturated carbocycles. The van der Waals surface area contributed by atoms with Crippen LogP contribution in [0.2, 0.25) is 0 Å². The zero-order valence-corrected chi connectivity index (χ0v) is 20.5. The van der Waals surface area contributed by atoms with Crippen molar-refractivity contribution in [2.75, 3.05) is 5.32 Å². The Hall–Kier alpha value is -3.35. The van der Waals surface area contributed by atoms with E-state index >= 15 is 0 Å². The molecule has 7 heteroatoms. The monoisotopic (exact) mass is 460 g/mol. The molecule has 3 aromatic rings. The van der Waals surface area contributed by atoms with Crippen molar-refractivity contribution in [3.8, 4) is 11.1 Å². The Morgan fingerprint density at radius 1 is 1.12 bits per heavy atom. The van der Waals surface area contributed by atoms with Crippen molar-refractivity contribution in [1.82, 2.24) is 15.1 Å². The van der Waals surface area contributed by atoms with Crippen molar-refractivity contribution >= 4 is 17.5 Å². The Bertz CT molecular complexity index is 1200. The molecule has 1 N–H and O–H groups in total. The molecule has 0 spiro atoms. The maximum atomic E-state index is 12.7. The number of anilines is 1. The van der Waals surface area contributed by atoms with Crippen LogP contribution in [0.25, 0.3) is 11.1 Å². The van der Waals surface area contributed by atoms with Gasteiger partial charge in [-0.25, -0.2) is 4.98 Å². The number of carbonyl (C=O) groups excluding carboxylic acids is 2. The number of hydrogen-bond acceptors (Lipinski definition) is 6. The molecule has 1 aliphatic rings. The molecule has 7 nitrogen and oxygen atoms in total. The molecule has 1 aliphatic carbocycles. The molecule has 2 aromatic heterocycles. The molecule has 1 amide bonds. The lowest BCUT2D eigenvalue weighted by Crippen LogP contribution is -2.14. The quantitative estimate of drug-likeness (QED) is 0.432. The first-order valence-electron chi connectivity index (χ1n) is 11.9. The van der Waals surface area contributed by atoms with Crippen LogP contribution in [-0.4, -0.2) is 26.8 Å². The maximum absolute atomic E-state index is 12.7. The summed E-state index contributed by atoms with van der Waals surface area (Å²) in [6.45, 7) is 10.2. The molecule has 2 heterocycles. The fraction of sp³-hybridized carbons (Fsp3) is 0.444. The number of ketones is 1. The molecule has 0 bridgehead atoms. The van der Waals surface area contributed by atoms with Crippen LogP contribution in [0.3, 0.4) is 0 Å². The smallest absolute Gasteiger partial charge is 0.238 e. The highest BCUT2D eigenvalue weighted by molar-refractivity contribution is 5.94. The second kappa shape index (κ2) is 9.49. The number of amides is 1. The van der Waals surface area contributed by atoms with Gasteiger partial charge < -0.3 is 9.84 Å². The standard InChI is InChI=1S/C27H32N4O3/c1-16(2)21-14-19(20-12-13-28-23(15-20)29-25(33)18-7-8-18)9-6-17(21)10-11-22(32)24-30-26(34-31-24)27(3,4)5/h6,9,12-16,18H,7-8,10-11H2,1-5H3,(H,28,29,33). The van der Waals surface area contributed by atoms with E-state index in [9.17, 15) is 9.59 Å². The number of aromatic nitrogens is 3. The minimum Gasteiger partial charge on any atom is -0.338 e. The number of nitrogens with one attached hydrogen (secondary N) is 1. The molecule has 1 aromatic carbocycles. The summed E-state index contributed by atoms with van der Waals surface area (Å²) in [5.74, 6) is 1.53. The third-order valence-electron chi connectivity index (χ3n) is 6.00. The van der Waals surface area contributed by atoms with Crippen LogP contribution in [0.1, 0.15) is 87.4 Å². The zero-order valence-electron chi connectivity index (χ0n) is 20.5. The third-order valence-corrected chi connectivity index (χ3v) is 6.00. The van der Waals surface area contributed by atoms with Gasteiger partial charge in [-0.2, -0.15) is 4.98 Å². The molecule has 0 radical (unpaired) electrons. The second-order valence-electron chi connectivity index (χ2n) is 10.4. The summed E-state index contributed by atoms with van der Waals surface area (Å²) in [6.07, 6.45) is 4.55. The topological polar surface area (TPSA) is 98.0 Å². The lowest BCUT2D eigenvalue weighted by molar-refractivity contribution is -0.117. The van der Waals surface area contributed by atoms with E-state index in [0.717, 1.165) is 29.5 Å². The van der Waals surface area contributed by atoms with E-state index in [1.165, 1.54) is 5.56 Å². The number of pyridine rings is 1. The van der Waals surface area contributed by atoms with Gasteiger partial charge in [0.15, 0.2) is 0 Å². The van der Waals surface area contributed by atoms with E-state index in [0.29, 0.717) is 30.5 Å². The van der Waals surface area contributed by atoms with Gasteiger partial charge in [-0.05, 0) is 59.6 Å². The van der Waals surface area contributed by atoms with Crippen LogP contribution in [0.15, 0.2) is 41.1 Å². The summed E-state index contributed by atoms with van der Waals surface area (Å²) in [7, 11) is 0. The molecule has 178 valence electrons. The first-order valence-corrected chi connectivity index (χ1v) is 11.9. The number of rotatable bonds is 8. The summed E-state index contributed by atoms with van der Waals surface area (Å²) in [5.41, 5.74) is 4.07. The average Bonchev–Trinajstić information content (AvgIpc) is 3.52. The first-order chi connectivity index (χ1) is 16.1. The van der Waals surface area contributed by atoms with E-state index in [1.54, 1.807) is 6.20 Å². The molecule has 0 atom stereocenters. The van der Waals surface area contributed by atoms with Crippen molar-refractivity contribution in [2.24, 2.45) is 5.92 Å². The van der Waals surface area contributed by atoms with Gasteiger partial charge in [-0.3, -0.25) is 9.59 Å². The number of aryl methyl sites for hydroxylation is 1. The zero-order chi connectivity index (χ0) is 24.5. The van der Waals surface area contributed by atoms with Crippen LogP contribution < -0.4 is 5.32 Å². The largest absolute Gasteiger partial charge is 0.338 e. The lowest BCUT2D eigenvalue weighted by Gasteiger charge is -2.15. The van der Waals surface area contributed by atoms with E-state index in [1.807, 2.05) is 32.9 Å². The summed E-state index contributed by atoms with van der Waals surface area (Å²) >= 11 is 0. The first kappa shape index (κ1) is 23.8. The fourth-order valence-corrected chi connectivity index (χ4v) is 3.79. The Labute approximate surface area is 200 Å². The normalized spacial score (nSPS) is 13.8. The molecule has 0 unspecified atom stereocenters. The molecular formula is C27H32N4O3. The summed E-state index contributed by atoms with van der Waals surface area (Å²) in [4.78, 5) is 33.4. The minimum absolute atomic E-state index is 0.0451. The molecule has 1 fully saturated rings. The van der Waals surface area contributed by atoms with Gasteiger partial charge in [-0.15, -0.1) is 0 Å². The SMILES string of the molecule is CC(C)c1cc(-c2ccnc(NC(=O)C3CC3)c2)ccc1CCC(=O)c1noc(C(C)(C)C)n1. The highest BCUT2D eigenvalue weighted by Crippen LogP contribution is 2.31. The highest BCUT2D eigenvalue weighted by Gasteiger charge is 2.30. The Balaban J connectivity index is 1.49. The minimum atomic E-state index is -0.292. The van der Waals surface area contributed by atoms with Crippen LogP contribution in [0.4, 0.5) is 5.82 Å². The van der Waals surface area contributed by atoms with E-state index in [4.69, 9.17) is 4.52 Å². The summed E-state index contributed by atoms with van der Waals surface area (Å²) in [6, 6.07) is 10.2. The Kier molecular flexibility index (Phi) is 6.64. The van der Waals surface area contributed by atoms with E-state index < -0.39 is 0 Å². The van der Waals surface area contributed by atoms with Gasteiger partial charge in [0.2, 0.25) is 23.4 Å². The lowest BCUT2D eigenvalue weighted by atomic mass is 9.90. The number of nitrogens with zero attached hydrogens (tertiary/aromatic N) is 3. The maximum Gasteiger partial charge on any atom is 0.238 e. The van der Waals surface area contributed by atoms with E-state index in [-0.39, 0.29) is 28.8 Å². The fourth-order valence-electron chi connectivity index (χ4n) is 3.79. The number of Topliss-reactive ketones (excluding diaryl/α,β-unsaturated/α-hetero) is 1. The molecule has 0 saturated heterocycles. The van der Waals surface area contributed by atoms with Crippen molar-refractivity contribution in [3.05, 3.63) is 59.4 Å². The molecule has 34 heavy (non-hydrogen) atoms. The third kappa shape index (κ3) is 5.58. The Morgan fingerprint density at radius 2 is 1.85 bits per heavy atom. The summed E-state index contributed by atoms with van der Waals surface area (Å²) in [5, 5.41) is 6.79. The van der Waals surface area contributed by atoms with Crippen molar-refractivity contribution in [2.45, 2.75) is 71.6 Å². The van der Waals surface area contributed by atoms with Crippen LogP contribution in [0, 0.1) is 5.92 Å². The average molecular weight is 461 g/mol. The van der Waals surface area contributed by atoms with Gasteiger partial charge in [0.05, 0.1) is 0 Å². The predicted octanol–water partition coefficient (Wildman–Crippen LogP) is 5.72. The highest BCUT2D eigenvalue weighted by atomic mass is 16.5. The predicted molar refractivity (Wildman–Crippen MR) is 131 cm³/mol. The Morgan fingerprint density at radius 3 is 2.50 bits per heavy atom. The molecular weight excluding hydrogens is 428 g/mol. The summed E-state index contributed by atoms with van der Waals surface area (Å²) < 4.78 is 5.27. The van der Waals surface area contributed by atoms with Crippen molar-refractivity contribution in [3.63, 3.8) is 0 Å². The van der Waals surface area contributed by atoms with Gasteiger partial charge in [0.1, 0.15) is 5.82 Å². The van der Waals surface area contributed by atoms with Gasteiger partial charge in [0.25, 0.3) is 0 Å². The van der Waals surface area contributed by atoms with Gasteiger partial charge >= 0.3 is 0 Å². The van der Waals surface area contributed by atoms with Gasteiger partial charge in [0, 0.05) is 24.0 Å².